The average molecular weight is 315 g/mol. The topological polar surface area (TPSA) is 0 Å². The first-order valence-electron chi connectivity index (χ1n) is 8.23. The Morgan fingerprint density at radius 3 is 2.00 bits per heavy atom. The molecular formula is C21H27Cl. The van der Waals surface area contributed by atoms with Gasteiger partial charge in [0.25, 0.3) is 0 Å². The third kappa shape index (κ3) is 5.50. The second-order valence-electron chi connectivity index (χ2n) is 7.28. The molecule has 0 saturated carbocycles. The van der Waals surface area contributed by atoms with Crippen LogP contribution >= 0.6 is 11.6 Å². The third-order valence-electron chi connectivity index (χ3n) is 4.01. The maximum atomic E-state index is 6.56. The van der Waals surface area contributed by atoms with E-state index >= 15 is 0 Å². The number of hydrogen-bond donors (Lipinski definition) is 0. The van der Waals surface area contributed by atoms with Crippen LogP contribution in [0.2, 0.25) is 0 Å². The van der Waals surface area contributed by atoms with Crippen molar-refractivity contribution in [1.82, 2.24) is 0 Å². The molecule has 1 heteroatoms. The van der Waals surface area contributed by atoms with Gasteiger partial charge in [0.15, 0.2) is 0 Å². The number of unbranched alkanes of at least 4 members (excludes halogenated alkanes) is 1. The van der Waals surface area contributed by atoms with Crippen molar-refractivity contribution >= 4 is 11.6 Å². The molecule has 0 aliphatic carbocycles. The van der Waals surface area contributed by atoms with E-state index in [9.17, 15) is 0 Å². The quantitative estimate of drug-likeness (QED) is 0.407. The van der Waals surface area contributed by atoms with Crippen molar-refractivity contribution in [3.05, 3.63) is 71.3 Å². The van der Waals surface area contributed by atoms with E-state index in [1.54, 1.807) is 0 Å². The molecule has 118 valence electrons. The molecule has 0 N–H and O–H groups in total. The largest absolute Gasteiger partial charge is 0.113 e. The highest BCUT2D eigenvalue weighted by atomic mass is 35.5. The Kier molecular flexibility index (Phi) is 6.08. The van der Waals surface area contributed by atoms with E-state index in [1.165, 1.54) is 30.4 Å². The van der Waals surface area contributed by atoms with Crippen LogP contribution in [0.15, 0.2) is 54.6 Å². The summed E-state index contributed by atoms with van der Waals surface area (Å²) in [6.07, 6.45) is 5.02. The summed E-state index contributed by atoms with van der Waals surface area (Å²) in [5.74, 6) is 0. The Labute approximate surface area is 140 Å². The number of halogens is 1. The third-order valence-corrected chi connectivity index (χ3v) is 4.51. The normalized spacial score (nSPS) is 13.1. The SMILES string of the molecule is CC(C)(C)CCCCc1ccc(C(Cl)c2ccccc2)cc1. The Balaban J connectivity index is 1.88. The monoisotopic (exact) mass is 314 g/mol. The standard InChI is InChI=1S/C21H27Cl/c1-21(2,3)16-8-7-9-17-12-14-19(15-13-17)20(22)18-10-5-4-6-11-18/h4-6,10-15,20H,7-9,16H2,1-3H3. The van der Waals surface area contributed by atoms with E-state index in [0.29, 0.717) is 5.41 Å². The van der Waals surface area contributed by atoms with Gasteiger partial charge in [0.2, 0.25) is 0 Å². The lowest BCUT2D eigenvalue weighted by Gasteiger charge is -2.17. The van der Waals surface area contributed by atoms with Gasteiger partial charge >= 0.3 is 0 Å². The summed E-state index contributed by atoms with van der Waals surface area (Å²) >= 11 is 6.56. The summed E-state index contributed by atoms with van der Waals surface area (Å²) in [5.41, 5.74) is 4.19. The highest BCUT2D eigenvalue weighted by molar-refractivity contribution is 6.22. The summed E-state index contributed by atoms with van der Waals surface area (Å²) < 4.78 is 0. The summed E-state index contributed by atoms with van der Waals surface area (Å²) in [6, 6.07) is 19.1. The Morgan fingerprint density at radius 2 is 1.41 bits per heavy atom. The van der Waals surface area contributed by atoms with E-state index in [-0.39, 0.29) is 5.38 Å². The van der Waals surface area contributed by atoms with Crippen molar-refractivity contribution in [3.8, 4) is 0 Å². The summed E-state index contributed by atoms with van der Waals surface area (Å²) in [7, 11) is 0. The fraction of sp³-hybridized carbons (Fsp3) is 0.429. The number of rotatable bonds is 6. The van der Waals surface area contributed by atoms with Crippen LogP contribution < -0.4 is 0 Å². The van der Waals surface area contributed by atoms with Crippen molar-refractivity contribution in [2.24, 2.45) is 5.41 Å². The lowest BCUT2D eigenvalue weighted by atomic mass is 9.89. The molecule has 1 atom stereocenters. The van der Waals surface area contributed by atoms with E-state index in [1.807, 2.05) is 18.2 Å². The van der Waals surface area contributed by atoms with E-state index in [0.717, 1.165) is 12.0 Å². The Morgan fingerprint density at radius 1 is 0.818 bits per heavy atom. The van der Waals surface area contributed by atoms with Gasteiger partial charge in [-0.25, -0.2) is 0 Å². The number of alkyl halides is 1. The first-order chi connectivity index (χ1) is 10.5. The number of benzene rings is 2. The molecule has 1 unspecified atom stereocenters. The lowest BCUT2D eigenvalue weighted by molar-refractivity contribution is 0.360. The molecule has 0 fully saturated rings. The van der Waals surface area contributed by atoms with Crippen molar-refractivity contribution in [2.45, 2.75) is 51.8 Å². The molecule has 0 bridgehead atoms. The predicted octanol–water partition coefficient (Wildman–Crippen LogP) is 6.77. The van der Waals surface area contributed by atoms with E-state index in [2.05, 4.69) is 57.2 Å². The van der Waals surface area contributed by atoms with Crippen LogP contribution in [0.25, 0.3) is 0 Å². The van der Waals surface area contributed by atoms with Crippen molar-refractivity contribution in [2.75, 3.05) is 0 Å². The van der Waals surface area contributed by atoms with Crippen LogP contribution in [0.5, 0.6) is 0 Å². The van der Waals surface area contributed by atoms with Crippen LogP contribution in [0.3, 0.4) is 0 Å². The van der Waals surface area contributed by atoms with Crippen LogP contribution in [-0.2, 0) is 6.42 Å². The van der Waals surface area contributed by atoms with Gasteiger partial charge in [0, 0.05) is 0 Å². The Bertz CT molecular complexity index is 549. The minimum Gasteiger partial charge on any atom is -0.113 e. The van der Waals surface area contributed by atoms with Gasteiger partial charge in [-0.15, -0.1) is 11.6 Å². The summed E-state index contributed by atoms with van der Waals surface area (Å²) in [4.78, 5) is 0. The van der Waals surface area contributed by atoms with E-state index in [4.69, 9.17) is 11.6 Å². The molecule has 0 aliphatic rings. The molecule has 0 spiro atoms. The average Bonchev–Trinajstić information content (AvgIpc) is 2.51. The fourth-order valence-electron chi connectivity index (χ4n) is 2.65. The van der Waals surface area contributed by atoms with Gasteiger partial charge in [0.05, 0.1) is 5.38 Å². The highest BCUT2D eigenvalue weighted by Gasteiger charge is 2.11. The molecule has 22 heavy (non-hydrogen) atoms. The summed E-state index contributed by atoms with van der Waals surface area (Å²) in [5, 5.41) is -0.0591. The molecule has 2 aromatic rings. The molecule has 0 aliphatic heterocycles. The number of hydrogen-bond acceptors (Lipinski definition) is 0. The Hall–Kier alpha value is -1.27. The van der Waals surface area contributed by atoms with Crippen molar-refractivity contribution < 1.29 is 0 Å². The molecule has 0 amide bonds. The molecule has 0 heterocycles. The molecule has 0 aromatic heterocycles. The molecule has 0 nitrogen and oxygen atoms in total. The van der Waals surface area contributed by atoms with Crippen molar-refractivity contribution in [3.63, 3.8) is 0 Å². The maximum absolute atomic E-state index is 6.56. The van der Waals surface area contributed by atoms with Crippen LogP contribution in [0.4, 0.5) is 0 Å². The van der Waals surface area contributed by atoms with Gasteiger partial charge in [0.1, 0.15) is 0 Å². The van der Waals surface area contributed by atoms with Gasteiger partial charge < -0.3 is 0 Å². The van der Waals surface area contributed by atoms with Gasteiger partial charge in [-0.3, -0.25) is 0 Å². The maximum Gasteiger partial charge on any atom is 0.0835 e. The minimum absolute atomic E-state index is 0.0591. The molecule has 2 rings (SSSR count). The van der Waals surface area contributed by atoms with Crippen LogP contribution in [0.1, 0.15) is 62.1 Å². The summed E-state index contributed by atoms with van der Waals surface area (Å²) in [6.45, 7) is 6.93. The zero-order chi connectivity index (χ0) is 16.0. The minimum atomic E-state index is -0.0591. The zero-order valence-corrected chi connectivity index (χ0v) is 14.7. The lowest BCUT2D eigenvalue weighted by Crippen LogP contribution is -2.04. The van der Waals surface area contributed by atoms with Gasteiger partial charge in [-0.1, -0.05) is 81.8 Å². The smallest absolute Gasteiger partial charge is 0.0835 e. The van der Waals surface area contributed by atoms with E-state index < -0.39 is 0 Å². The highest BCUT2D eigenvalue weighted by Crippen LogP contribution is 2.29. The molecule has 0 saturated heterocycles. The fourth-order valence-corrected chi connectivity index (χ4v) is 2.94. The second kappa shape index (κ2) is 7.83. The predicted molar refractivity (Wildman–Crippen MR) is 97.6 cm³/mol. The van der Waals surface area contributed by atoms with Crippen LogP contribution in [-0.4, -0.2) is 0 Å². The molecule has 2 aromatic carbocycles. The second-order valence-corrected chi connectivity index (χ2v) is 7.72. The molecular weight excluding hydrogens is 288 g/mol. The van der Waals surface area contributed by atoms with Gasteiger partial charge in [-0.2, -0.15) is 0 Å². The van der Waals surface area contributed by atoms with Gasteiger partial charge in [-0.05, 0) is 41.4 Å². The van der Waals surface area contributed by atoms with Crippen LogP contribution in [0, 0.1) is 5.41 Å². The van der Waals surface area contributed by atoms with Crippen molar-refractivity contribution in [1.29, 1.82) is 0 Å². The first kappa shape index (κ1) is 17.1. The first-order valence-corrected chi connectivity index (χ1v) is 8.67. The zero-order valence-electron chi connectivity index (χ0n) is 14.0. The number of aryl methyl sites for hydroxylation is 1. The molecule has 0 radical (unpaired) electrons.